The van der Waals surface area contributed by atoms with Crippen molar-refractivity contribution in [2.45, 2.75) is 31.7 Å². The van der Waals surface area contributed by atoms with Crippen LogP contribution in [0.25, 0.3) is 10.9 Å². The summed E-state index contributed by atoms with van der Waals surface area (Å²) >= 11 is 0. The third kappa shape index (κ3) is 2.74. The van der Waals surface area contributed by atoms with Crippen molar-refractivity contribution in [3.8, 4) is 0 Å². The van der Waals surface area contributed by atoms with Crippen LogP contribution >= 0.6 is 0 Å². The Labute approximate surface area is 138 Å². The molecule has 1 aliphatic rings. The van der Waals surface area contributed by atoms with Crippen LogP contribution in [0.1, 0.15) is 17.7 Å². The monoisotopic (exact) mass is 335 g/mol. The maximum atomic E-state index is 14.6. The highest BCUT2D eigenvalue weighted by Gasteiger charge is 2.45. The second-order valence-electron chi connectivity index (χ2n) is 6.17. The second kappa shape index (κ2) is 5.89. The average Bonchev–Trinajstić information content (AvgIpc) is 3.10. The van der Waals surface area contributed by atoms with Gasteiger partial charge in [0.25, 0.3) is 5.91 Å². The van der Waals surface area contributed by atoms with E-state index >= 15 is 0 Å². The number of carbonyl (C=O) groups is 2. The summed E-state index contributed by atoms with van der Waals surface area (Å²) in [6.45, 7) is 2.11. The zero-order valence-electron chi connectivity index (χ0n) is 13.5. The number of nitrogens with zero attached hydrogens (tertiary/aromatic N) is 1. The Bertz CT molecular complexity index is 800. The number of halogens is 2. The minimum absolute atomic E-state index is 0.350. The predicted octanol–water partition coefficient (Wildman–Crippen LogP) is 2.00. The van der Waals surface area contributed by atoms with E-state index in [4.69, 9.17) is 0 Å². The summed E-state index contributed by atoms with van der Waals surface area (Å²) in [7, 11) is 1.26. The number of para-hydroxylation sites is 1. The van der Waals surface area contributed by atoms with Crippen molar-refractivity contribution in [1.82, 2.24) is 15.2 Å². The number of aromatic amines is 1. The van der Waals surface area contributed by atoms with Gasteiger partial charge in [-0.25, -0.2) is 0 Å². The number of fused-ring (bicyclic) bond motifs is 1. The molecule has 1 unspecified atom stereocenters. The van der Waals surface area contributed by atoms with Crippen molar-refractivity contribution in [2.24, 2.45) is 0 Å². The molecule has 0 saturated carbocycles. The van der Waals surface area contributed by atoms with Crippen LogP contribution in [0.15, 0.2) is 24.3 Å². The lowest BCUT2D eigenvalue weighted by Crippen LogP contribution is -2.49. The van der Waals surface area contributed by atoms with Crippen LogP contribution in [-0.2, 0) is 16.0 Å². The number of hydrogen-bond donors (Lipinski definition) is 2. The van der Waals surface area contributed by atoms with Crippen LogP contribution in [-0.4, -0.2) is 47.3 Å². The SMILES string of the molecule is Cc1[nH]c2ccccc2c1CC(F)(F)C(=O)N(C)C1CCNC1=O. The van der Waals surface area contributed by atoms with Gasteiger partial charge in [0.2, 0.25) is 5.91 Å². The fourth-order valence-electron chi connectivity index (χ4n) is 3.21. The number of aryl methyl sites for hydroxylation is 1. The van der Waals surface area contributed by atoms with Crippen molar-refractivity contribution >= 4 is 22.7 Å². The van der Waals surface area contributed by atoms with Crippen LogP contribution in [0.5, 0.6) is 0 Å². The molecule has 1 aromatic heterocycles. The molecular formula is C17H19F2N3O2. The van der Waals surface area contributed by atoms with Crippen molar-refractivity contribution in [3.63, 3.8) is 0 Å². The number of H-pyrrole nitrogens is 1. The maximum Gasteiger partial charge on any atom is 0.328 e. The summed E-state index contributed by atoms with van der Waals surface area (Å²) in [5.74, 6) is -5.29. The summed E-state index contributed by atoms with van der Waals surface area (Å²) in [5.41, 5.74) is 1.80. The predicted molar refractivity (Wildman–Crippen MR) is 85.9 cm³/mol. The number of nitrogens with one attached hydrogen (secondary N) is 2. The van der Waals surface area contributed by atoms with Crippen LogP contribution in [0, 0.1) is 6.92 Å². The molecule has 0 aliphatic carbocycles. The van der Waals surface area contributed by atoms with E-state index in [0.717, 1.165) is 10.4 Å². The number of aromatic nitrogens is 1. The van der Waals surface area contributed by atoms with Crippen molar-refractivity contribution < 1.29 is 18.4 Å². The van der Waals surface area contributed by atoms with Gasteiger partial charge in [-0.3, -0.25) is 9.59 Å². The Kier molecular flexibility index (Phi) is 4.03. The van der Waals surface area contributed by atoms with Crippen LogP contribution in [0.2, 0.25) is 0 Å². The van der Waals surface area contributed by atoms with Gasteiger partial charge in [-0.15, -0.1) is 0 Å². The lowest BCUT2D eigenvalue weighted by molar-refractivity contribution is -0.159. The van der Waals surface area contributed by atoms with Crippen LogP contribution in [0.3, 0.4) is 0 Å². The Morgan fingerprint density at radius 2 is 2.08 bits per heavy atom. The van der Waals surface area contributed by atoms with E-state index in [1.807, 2.05) is 6.07 Å². The number of benzene rings is 1. The molecule has 2 heterocycles. The van der Waals surface area contributed by atoms with Crippen molar-refractivity contribution in [2.75, 3.05) is 13.6 Å². The first-order chi connectivity index (χ1) is 11.3. The number of likely N-dealkylation sites (N-methyl/N-ethyl adjacent to an activating group) is 1. The van der Waals surface area contributed by atoms with E-state index in [1.165, 1.54) is 7.05 Å². The molecule has 1 fully saturated rings. The highest BCUT2D eigenvalue weighted by molar-refractivity contribution is 5.92. The molecule has 128 valence electrons. The van der Waals surface area contributed by atoms with Crippen LogP contribution < -0.4 is 5.32 Å². The quantitative estimate of drug-likeness (QED) is 0.898. The number of carbonyl (C=O) groups excluding carboxylic acids is 2. The third-order valence-electron chi connectivity index (χ3n) is 4.55. The highest BCUT2D eigenvalue weighted by Crippen LogP contribution is 2.30. The van der Waals surface area contributed by atoms with Gasteiger partial charge >= 0.3 is 5.92 Å². The standard InChI is InChI=1S/C17H19F2N3O2/c1-10-12(11-5-3-4-6-13(11)21-10)9-17(18,19)16(24)22(2)14-7-8-20-15(14)23/h3-6,14,21H,7-9H2,1-2H3,(H,20,23). The summed E-state index contributed by atoms with van der Waals surface area (Å²) in [5, 5.41) is 3.24. The lowest BCUT2D eigenvalue weighted by atomic mass is 10.0. The molecule has 0 radical (unpaired) electrons. The molecule has 2 aromatic rings. The number of amides is 2. The lowest BCUT2D eigenvalue weighted by Gasteiger charge is -2.27. The average molecular weight is 335 g/mol. The topological polar surface area (TPSA) is 65.2 Å². The number of rotatable bonds is 4. The minimum atomic E-state index is -3.58. The van der Waals surface area contributed by atoms with Gasteiger partial charge < -0.3 is 15.2 Å². The van der Waals surface area contributed by atoms with Gasteiger partial charge in [-0.2, -0.15) is 8.78 Å². The smallest absolute Gasteiger partial charge is 0.328 e. The summed E-state index contributed by atoms with van der Waals surface area (Å²) in [6, 6.07) is 6.32. The Hall–Kier alpha value is -2.44. The molecule has 1 saturated heterocycles. The van der Waals surface area contributed by atoms with Gasteiger partial charge in [0.05, 0.1) is 0 Å². The van der Waals surface area contributed by atoms with E-state index < -0.39 is 24.3 Å². The molecule has 3 rings (SSSR count). The molecule has 7 heteroatoms. The normalized spacial score (nSPS) is 18.0. The molecule has 2 amide bonds. The van der Waals surface area contributed by atoms with E-state index in [9.17, 15) is 18.4 Å². The van der Waals surface area contributed by atoms with Crippen molar-refractivity contribution in [3.05, 3.63) is 35.5 Å². The van der Waals surface area contributed by atoms with Crippen molar-refractivity contribution in [1.29, 1.82) is 0 Å². The molecule has 1 atom stereocenters. The van der Waals surface area contributed by atoms with E-state index in [2.05, 4.69) is 10.3 Å². The number of alkyl halides is 2. The summed E-state index contributed by atoms with van der Waals surface area (Å²) in [4.78, 5) is 27.8. The molecule has 2 N–H and O–H groups in total. The molecule has 24 heavy (non-hydrogen) atoms. The first-order valence-electron chi connectivity index (χ1n) is 7.80. The number of hydrogen-bond acceptors (Lipinski definition) is 2. The third-order valence-corrected chi connectivity index (χ3v) is 4.55. The summed E-state index contributed by atoms with van der Waals surface area (Å²) in [6.07, 6.45) is -0.344. The van der Waals surface area contributed by atoms with E-state index in [0.29, 0.717) is 29.6 Å². The maximum absolute atomic E-state index is 14.6. The molecule has 1 aliphatic heterocycles. The largest absolute Gasteiger partial charge is 0.358 e. The van der Waals surface area contributed by atoms with Crippen LogP contribution in [0.4, 0.5) is 8.78 Å². The Balaban J connectivity index is 1.85. The first-order valence-corrected chi connectivity index (χ1v) is 7.80. The van der Waals surface area contributed by atoms with Gasteiger partial charge in [-0.1, -0.05) is 18.2 Å². The Morgan fingerprint density at radius 3 is 2.75 bits per heavy atom. The van der Waals surface area contributed by atoms with Gasteiger partial charge in [0, 0.05) is 36.6 Å². The fourth-order valence-corrected chi connectivity index (χ4v) is 3.21. The first kappa shape index (κ1) is 16.4. The molecule has 0 spiro atoms. The minimum Gasteiger partial charge on any atom is -0.358 e. The molecule has 1 aromatic carbocycles. The molecule has 0 bridgehead atoms. The fraction of sp³-hybridized carbons (Fsp3) is 0.412. The Morgan fingerprint density at radius 1 is 1.38 bits per heavy atom. The highest BCUT2D eigenvalue weighted by atomic mass is 19.3. The summed E-state index contributed by atoms with van der Waals surface area (Å²) < 4.78 is 29.2. The second-order valence-corrected chi connectivity index (χ2v) is 6.17. The zero-order valence-corrected chi connectivity index (χ0v) is 13.5. The van der Waals surface area contributed by atoms with E-state index in [-0.39, 0.29) is 5.91 Å². The van der Waals surface area contributed by atoms with Gasteiger partial charge in [0.1, 0.15) is 6.04 Å². The zero-order chi connectivity index (χ0) is 17.5. The molecular weight excluding hydrogens is 316 g/mol. The van der Waals surface area contributed by atoms with E-state index in [1.54, 1.807) is 25.1 Å². The van der Waals surface area contributed by atoms with Gasteiger partial charge in [-0.05, 0) is 25.0 Å². The molecule has 5 nitrogen and oxygen atoms in total. The van der Waals surface area contributed by atoms with Gasteiger partial charge in [0.15, 0.2) is 0 Å².